The van der Waals surface area contributed by atoms with Crippen molar-refractivity contribution in [1.29, 1.82) is 0 Å². The number of hydrogen-bond acceptors (Lipinski definition) is 2. The molecule has 1 unspecified atom stereocenters. The van der Waals surface area contributed by atoms with Gasteiger partial charge in [-0.1, -0.05) is 18.2 Å². The minimum atomic E-state index is -0.824. The van der Waals surface area contributed by atoms with Gasteiger partial charge in [-0.25, -0.2) is 0 Å². The predicted octanol–water partition coefficient (Wildman–Crippen LogP) is 1.93. The van der Waals surface area contributed by atoms with Crippen LogP contribution >= 0.6 is 0 Å². The van der Waals surface area contributed by atoms with Crippen molar-refractivity contribution in [1.82, 2.24) is 0 Å². The van der Waals surface area contributed by atoms with Crippen molar-refractivity contribution < 1.29 is 19.8 Å². The highest BCUT2D eigenvalue weighted by Crippen LogP contribution is 1.92. The van der Waals surface area contributed by atoms with E-state index < -0.39 is 17.9 Å². The molecule has 0 aromatic heterocycles. The van der Waals surface area contributed by atoms with Crippen LogP contribution in [0.1, 0.15) is 20.3 Å². The van der Waals surface area contributed by atoms with E-state index in [1.807, 2.05) is 0 Å². The first-order valence-corrected chi connectivity index (χ1v) is 4.02. The second kappa shape index (κ2) is 8.04. The molecule has 0 radical (unpaired) electrons. The molecule has 0 heterocycles. The molecule has 0 aliphatic heterocycles. The van der Waals surface area contributed by atoms with E-state index in [1.165, 1.54) is 6.08 Å². The molecule has 0 amide bonds. The molecule has 2 N–H and O–H groups in total. The molecule has 0 saturated heterocycles. The van der Waals surface area contributed by atoms with Crippen molar-refractivity contribution in [2.45, 2.75) is 20.3 Å². The lowest BCUT2D eigenvalue weighted by Gasteiger charge is -1.92. The molecule has 0 aromatic rings. The maximum Gasteiger partial charge on any atom is 0.310 e. The molecule has 0 rings (SSSR count). The Kier molecular flexibility index (Phi) is 8.57. The average Bonchev–Trinajstić information content (AvgIpc) is 2.01. The molecule has 4 nitrogen and oxygen atoms in total. The van der Waals surface area contributed by atoms with Crippen molar-refractivity contribution in [2.24, 2.45) is 5.92 Å². The van der Waals surface area contributed by atoms with Crippen LogP contribution in [-0.2, 0) is 9.59 Å². The van der Waals surface area contributed by atoms with Gasteiger partial charge >= 0.3 is 11.9 Å². The molecule has 0 aliphatic rings. The Morgan fingerprint density at radius 3 is 1.86 bits per heavy atom. The highest BCUT2D eigenvalue weighted by molar-refractivity contribution is 5.71. The van der Waals surface area contributed by atoms with E-state index >= 15 is 0 Å². The second-order valence-corrected chi connectivity index (χ2v) is 2.89. The van der Waals surface area contributed by atoms with Gasteiger partial charge in [0.15, 0.2) is 0 Å². The van der Waals surface area contributed by atoms with Gasteiger partial charge in [0, 0.05) is 0 Å². The van der Waals surface area contributed by atoms with Crippen LogP contribution in [0.2, 0.25) is 0 Å². The maximum absolute atomic E-state index is 9.86. The van der Waals surface area contributed by atoms with Gasteiger partial charge in [-0.05, 0) is 13.8 Å². The lowest BCUT2D eigenvalue weighted by Crippen LogP contribution is -2.04. The molecule has 0 aromatic carbocycles. The van der Waals surface area contributed by atoms with Crippen LogP contribution in [0.4, 0.5) is 0 Å². The zero-order valence-electron chi connectivity index (χ0n) is 8.49. The van der Waals surface area contributed by atoms with E-state index in [-0.39, 0.29) is 6.42 Å². The van der Waals surface area contributed by atoms with Crippen molar-refractivity contribution in [3.8, 4) is 0 Å². The lowest BCUT2D eigenvalue weighted by molar-refractivity contribution is -0.139. The number of rotatable bonds is 4. The van der Waals surface area contributed by atoms with Crippen LogP contribution in [0.25, 0.3) is 0 Å². The summed E-state index contributed by atoms with van der Waals surface area (Å²) in [4.78, 5) is 19.6. The van der Waals surface area contributed by atoms with Gasteiger partial charge in [-0.3, -0.25) is 9.59 Å². The Morgan fingerprint density at radius 1 is 1.43 bits per heavy atom. The van der Waals surface area contributed by atoms with E-state index in [4.69, 9.17) is 10.2 Å². The Labute approximate surface area is 83.6 Å². The van der Waals surface area contributed by atoms with Crippen molar-refractivity contribution in [2.75, 3.05) is 0 Å². The zero-order valence-corrected chi connectivity index (χ0v) is 8.49. The fourth-order valence-corrected chi connectivity index (χ4v) is 0.359. The minimum Gasteiger partial charge on any atom is -0.481 e. The summed E-state index contributed by atoms with van der Waals surface area (Å²) >= 11 is 0. The van der Waals surface area contributed by atoms with Crippen LogP contribution < -0.4 is 0 Å². The van der Waals surface area contributed by atoms with Gasteiger partial charge in [-0.2, -0.15) is 0 Å². The van der Waals surface area contributed by atoms with Crippen LogP contribution in [0.3, 0.4) is 0 Å². The number of carbonyl (C=O) groups is 2. The highest BCUT2D eigenvalue weighted by atomic mass is 16.4. The molecular weight excluding hydrogens is 184 g/mol. The number of carboxylic acid groups (broad SMARTS) is 2. The fraction of sp³-hybridized carbons (Fsp3) is 0.400. The normalized spacial score (nSPS) is 10.4. The fourth-order valence-electron chi connectivity index (χ4n) is 0.359. The van der Waals surface area contributed by atoms with Crippen LogP contribution in [0, 0.1) is 5.92 Å². The van der Waals surface area contributed by atoms with Gasteiger partial charge in [-0.15, -0.1) is 6.58 Å². The Hall–Kier alpha value is -1.58. The molecule has 0 spiro atoms. The van der Waals surface area contributed by atoms with Crippen molar-refractivity contribution in [3.63, 3.8) is 0 Å². The molecule has 0 bridgehead atoms. The quantitative estimate of drug-likeness (QED) is 0.680. The summed E-state index contributed by atoms with van der Waals surface area (Å²) in [5, 5.41) is 16.1. The monoisotopic (exact) mass is 200 g/mol. The third-order valence-electron chi connectivity index (χ3n) is 1.20. The Morgan fingerprint density at radius 2 is 1.86 bits per heavy atom. The molecule has 0 aliphatic carbocycles. The van der Waals surface area contributed by atoms with Gasteiger partial charge in [0.25, 0.3) is 0 Å². The van der Waals surface area contributed by atoms with E-state index in [1.54, 1.807) is 13.8 Å². The number of carboxylic acids is 2. The summed E-state index contributed by atoms with van der Waals surface area (Å²) in [7, 11) is 0. The smallest absolute Gasteiger partial charge is 0.310 e. The summed E-state index contributed by atoms with van der Waals surface area (Å²) in [6, 6.07) is 0. The first-order valence-electron chi connectivity index (χ1n) is 4.02. The van der Waals surface area contributed by atoms with Crippen molar-refractivity contribution >= 4 is 11.9 Å². The molecular formula is C10H16O4. The van der Waals surface area contributed by atoms with E-state index in [0.717, 1.165) is 0 Å². The van der Waals surface area contributed by atoms with Crippen LogP contribution in [0.15, 0.2) is 24.8 Å². The summed E-state index contributed by atoms with van der Waals surface area (Å²) in [6.45, 7) is 9.98. The average molecular weight is 200 g/mol. The number of hydrogen-bond donors (Lipinski definition) is 2. The van der Waals surface area contributed by atoms with Crippen LogP contribution in [-0.4, -0.2) is 22.2 Å². The zero-order chi connectivity index (χ0) is 11.7. The maximum atomic E-state index is 9.86. The molecule has 14 heavy (non-hydrogen) atoms. The molecule has 4 heteroatoms. The summed E-state index contributed by atoms with van der Waals surface area (Å²) < 4.78 is 0. The first kappa shape index (κ1) is 14.9. The van der Waals surface area contributed by atoms with Crippen LogP contribution in [0.5, 0.6) is 0 Å². The van der Waals surface area contributed by atoms with Gasteiger partial charge < -0.3 is 10.2 Å². The van der Waals surface area contributed by atoms with Gasteiger partial charge in [0.1, 0.15) is 0 Å². The molecule has 80 valence electrons. The highest BCUT2D eigenvalue weighted by Gasteiger charge is 2.02. The van der Waals surface area contributed by atoms with E-state index in [2.05, 4.69) is 13.2 Å². The van der Waals surface area contributed by atoms with Gasteiger partial charge in [0.2, 0.25) is 0 Å². The lowest BCUT2D eigenvalue weighted by atomic mass is 10.2. The SMILES string of the molecule is C=C(C)CC(=O)O.C=CC(C)C(=O)O. The summed E-state index contributed by atoms with van der Waals surface area (Å²) in [5.74, 6) is -2.05. The summed E-state index contributed by atoms with van der Waals surface area (Å²) in [6.07, 6.45) is 1.47. The van der Waals surface area contributed by atoms with Crippen molar-refractivity contribution in [3.05, 3.63) is 24.8 Å². The van der Waals surface area contributed by atoms with Gasteiger partial charge in [0.05, 0.1) is 12.3 Å². The topological polar surface area (TPSA) is 74.6 Å². The molecule has 0 saturated carbocycles. The summed E-state index contributed by atoms with van der Waals surface area (Å²) in [5.41, 5.74) is 0.688. The molecule has 1 atom stereocenters. The van der Waals surface area contributed by atoms with E-state index in [0.29, 0.717) is 5.57 Å². The standard InChI is InChI=1S/2C5H8O2/c1-4(2)3-5(6)7;1-3-4(2)5(6)7/h1,3H2,2H3,(H,6,7);3-4H,1H2,2H3,(H,6,7). The van der Waals surface area contributed by atoms with E-state index in [9.17, 15) is 9.59 Å². The predicted molar refractivity (Wildman–Crippen MR) is 54.1 cm³/mol. The number of aliphatic carboxylic acids is 2. The first-order chi connectivity index (χ1) is 6.31. The molecule has 0 fully saturated rings. The second-order valence-electron chi connectivity index (χ2n) is 2.89. The third kappa shape index (κ3) is 13.0. The Bertz CT molecular complexity index is 218. The largest absolute Gasteiger partial charge is 0.481 e. The minimum absolute atomic E-state index is 0.0833. The third-order valence-corrected chi connectivity index (χ3v) is 1.20. The Balaban J connectivity index is 0.